The van der Waals surface area contributed by atoms with E-state index >= 15 is 0 Å². The molecule has 2 aromatic rings. The van der Waals surface area contributed by atoms with Crippen LogP contribution >= 0.6 is 0 Å². The van der Waals surface area contributed by atoms with Crippen LogP contribution in [0.25, 0.3) is 0 Å². The van der Waals surface area contributed by atoms with Crippen molar-refractivity contribution >= 4 is 5.78 Å². The average Bonchev–Trinajstić information content (AvgIpc) is 2.82. The van der Waals surface area contributed by atoms with Crippen LogP contribution < -0.4 is 4.74 Å². The lowest BCUT2D eigenvalue weighted by atomic mass is 10.1. The molecule has 0 unspecified atom stereocenters. The summed E-state index contributed by atoms with van der Waals surface area (Å²) >= 11 is 0. The van der Waals surface area contributed by atoms with Crippen LogP contribution in [0.15, 0.2) is 24.7 Å². The zero-order valence-electron chi connectivity index (χ0n) is 11.4. The number of hydrogen-bond donors (Lipinski definition) is 0. The maximum Gasteiger partial charge on any atom is 0.216 e. The normalized spacial score (nSPS) is 10.5. The molecule has 0 N–H and O–H groups in total. The van der Waals surface area contributed by atoms with Crippen molar-refractivity contribution in [1.29, 1.82) is 0 Å². The van der Waals surface area contributed by atoms with E-state index in [1.54, 1.807) is 30.4 Å². The van der Waals surface area contributed by atoms with Crippen molar-refractivity contribution in [3.63, 3.8) is 0 Å². The number of hydrogen-bond acceptors (Lipinski definition) is 4. The van der Waals surface area contributed by atoms with E-state index in [1.165, 1.54) is 0 Å². The Bertz CT molecular complexity index is 590. The van der Waals surface area contributed by atoms with Gasteiger partial charge < -0.3 is 4.74 Å². The van der Waals surface area contributed by atoms with Crippen LogP contribution in [0.1, 0.15) is 35.0 Å². The predicted octanol–water partition coefficient (Wildman–Crippen LogP) is 2.24. The van der Waals surface area contributed by atoms with Crippen molar-refractivity contribution in [1.82, 2.24) is 14.8 Å². The molecule has 5 nitrogen and oxygen atoms in total. The van der Waals surface area contributed by atoms with E-state index in [4.69, 9.17) is 4.74 Å². The fourth-order valence-electron chi connectivity index (χ4n) is 1.96. The molecule has 5 heteroatoms. The maximum absolute atomic E-state index is 12.6. The number of carbonyl (C=O) groups is 1. The second kappa shape index (κ2) is 5.65. The van der Waals surface area contributed by atoms with Crippen LogP contribution in [0.2, 0.25) is 0 Å². The van der Waals surface area contributed by atoms with Gasteiger partial charge in [0.1, 0.15) is 0 Å². The molecule has 0 fully saturated rings. The van der Waals surface area contributed by atoms with Gasteiger partial charge in [0.2, 0.25) is 5.78 Å². The standard InChI is InChI=1S/C14H17N3O2/c1-4-7-17-13(12(19-3)9-16-17)14(18)11-8-15-6-5-10(11)2/h5-6,8-9H,4,7H2,1-3H3. The molecule has 2 heterocycles. The minimum Gasteiger partial charge on any atom is -0.493 e. The molecule has 0 radical (unpaired) electrons. The largest absolute Gasteiger partial charge is 0.493 e. The fraction of sp³-hybridized carbons (Fsp3) is 0.357. The van der Waals surface area contributed by atoms with E-state index in [9.17, 15) is 4.79 Å². The Balaban J connectivity index is 2.48. The molecule has 0 saturated heterocycles. The van der Waals surface area contributed by atoms with Crippen LogP contribution in [0.4, 0.5) is 0 Å². The van der Waals surface area contributed by atoms with E-state index in [2.05, 4.69) is 10.1 Å². The van der Waals surface area contributed by atoms with Crippen LogP contribution in [0.3, 0.4) is 0 Å². The van der Waals surface area contributed by atoms with E-state index in [0.29, 0.717) is 23.6 Å². The highest BCUT2D eigenvalue weighted by Gasteiger charge is 2.22. The molecule has 0 bridgehead atoms. The lowest BCUT2D eigenvalue weighted by Gasteiger charge is -2.08. The molecule has 19 heavy (non-hydrogen) atoms. The van der Waals surface area contributed by atoms with Crippen molar-refractivity contribution in [2.75, 3.05) is 7.11 Å². The number of rotatable bonds is 5. The van der Waals surface area contributed by atoms with Gasteiger partial charge in [-0.05, 0) is 25.0 Å². The summed E-state index contributed by atoms with van der Waals surface area (Å²) in [6.45, 7) is 4.61. The van der Waals surface area contributed by atoms with Gasteiger partial charge in [-0.15, -0.1) is 0 Å². The summed E-state index contributed by atoms with van der Waals surface area (Å²) in [5.41, 5.74) is 1.96. The van der Waals surface area contributed by atoms with Gasteiger partial charge >= 0.3 is 0 Å². The van der Waals surface area contributed by atoms with Gasteiger partial charge in [0, 0.05) is 24.5 Å². The molecule has 0 aromatic carbocycles. The minimum absolute atomic E-state index is 0.103. The lowest BCUT2D eigenvalue weighted by molar-refractivity contribution is 0.102. The molecular formula is C14H17N3O2. The van der Waals surface area contributed by atoms with Crippen molar-refractivity contribution in [2.45, 2.75) is 26.8 Å². The summed E-state index contributed by atoms with van der Waals surface area (Å²) in [5.74, 6) is 0.398. The summed E-state index contributed by atoms with van der Waals surface area (Å²) in [4.78, 5) is 16.6. The third-order valence-corrected chi connectivity index (χ3v) is 2.96. The molecular weight excluding hydrogens is 242 g/mol. The molecule has 2 rings (SSSR count). The van der Waals surface area contributed by atoms with Gasteiger partial charge in [0.15, 0.2) is 11.4 Å². The second-order valence-electron chi connectivity index (χ2n) is 4.30. The third kappa shape index (κ3) is 2.50. The molecule has 0 aliphatic heterocycles. The third-order valence-electron chi connectivity index (χ3n) is 2.96. The Morgan fingerprint density at radius 3 is 2.84 bits per heavy atom. The summed E-state index contributed by atoms with van der Waals surface area (Å²) in [7, 11) is 1.54. The summed E-state index contributed by atoms with van der Waals surface area (Å²) in [6, 6.07) is 1.82. The Labute approximate surface area is 112 Å². The number of aromatic nitrogens is 3. The van der Waals surface area contributed by atoms with Gasteiger partial charge in [-0.25, -0.2) is 0 Å². The van der Waals surface area contributed by atoms with Crippen molar-refractivity contribution in [3.8, 4) is 5.75 Å². The maximum atomic E-state index is 12.6. The zero-order valence-corrected chi connectivity index (χ0v) is 11.4. The average molecular weight is 259 g/mol. The first kappa shape index (κ1) is 13.3. The SMILES string of the molecule is CCCn1ncc(OC)c1C(=O)c1cnccc1C. The monoisotopic (exact) mass is 259 g/mol. The highest BCUT2D eigenvalue weighted by atomic mass is 16.5. The van der Waals surface area contributed by atoms with Gasteiger partial charge in [0.25, 0.3) is 0 Å². The van der Waals surface area contributed by atoms with Crippen LogP contribution in [-0.2, 0) is 6.54 Å². The smallest absolute Gasteiger partial charge is 0.216 e. The highest BCUT2D eigenvalue weighted by molar-refractivity contribution is 6.10. The number of nitrogens with zero attached hydrogens (tertiary/aromatic N) is 3. The molecule has 0 saturated carbocycles. The molecule has 100 valence electrons. The van der Waals surface area contributed by atoms with Gasteiger partial charge in [-0.1, -0.05) is 6.92 Å². The van der Waals surface area contributed by atoms with E-state index < -0.39 is 0 Å². The second-order valence-corrected chi connectivity index (χ2v) is 4.30. The number of aryl methyl sites for hydroxylation is 2. The van der Waals surface area contributed by atoms with E-state index in [-0.39, 0.29) is 5.78 Å². The first-order chi connectivity index (χ1) is 9.19. The molecule has 0 spiro atoms. The topological polar surface area (TPSA) is 57.0 Å². The van der Waals surface area contributed by atoms with E-state index in [1.807, 2.05) is 19.9 Å². The van der Waals surface area contributed by atoms with Crippen molar-refractivity contribution < 1.29 is 9.53 Å². The van der Waals surface area contributed by atoms with Gasteiger partial charge in [0.05, 0.1) is 13.3 Å². The minimum atomic E-state index is -0.103. The van der Waals surface area contributed by atoms with Crippen LogP contribution in [0.5, 0.6) is 5.75 Å². The molecule has 2 aromatic heterocycles. The number of ketones is 1. The van der Waals surface area contributed by atoms with Crippen molar-refractivity contribution in [2.24, 2.45) is 0 Å². The lowest BCUT2D eigenvalue weighted by Crippen LogP contribution is -2.13. The van der Waals surface area contributed by atoms with Crippen molar-refractivity contribution in [3.05, 3.63) is 41.5 Å². The number of methoxy groups -OCH3 is 1. The Hall–Kier alpha value is -2.17. The molecule has 0 aliphatic carbocycles. The number of ether oxygens (including phenoxy) is 1. The van der Waals surface area contributed by atoms with Gasteiger partial charge in [-0.2, -0.15) is 5.10 Å². The van der Waals surface area contributed by atoms with Crippen LogP contribution in [0, 0.1) is 6.92 Å². The highest BCUT2D eigenvalue weighted by Crippen LogP contribution is 2.22. The Kier molecular flexibility index (Phi) is 3.94. The summed E-state index contributed by atoms with van der Waals surface area (Å²) in [5, 5.41) is 4.20. The first-order valence-electron chi connectivity index (χ1n) is 6.24. The summed E-state index contributed by atoms with van der Waals surface area (Å²) in [6.07, 6.45) is 5.73. The molecule has 0 amide bonds. The molecule has 0 atom stereocenters. The number of pyridine rings is 1. The fourth-order valence-corrected chi connectivity index (χ4v) is 1.96. The quantitative estimate of drug-likeness (QED) is 0.773. The predicted molar refractivity (Wildman–Crippen MR) is 71.5 cm³/mol. The van der Waals surface area contributed by atoms with Crippen LogP contribution in [-0.4, -0.2) is 27.7 Å². The Morgan fingerprint density at radius 1 is 1.42 bits per heavy atom. The zero-order chi connectivity index (χ0) is 13.8. The number of carbonyl (C=O) groups excluding carboxylic acids is 1. The molecule has 0 aliphatic rings. The van der Waals surface area contributed by atoms with E-state index in [0.717, 1.165) is 12.0 Å². The first-order valence-corrected chi connectivity index (χ1v) is 6.24. The summed E-state index contributed by atoms with van der Waals surface area (Å²) < 4.78 is 6.92. The van der Waals surface area contributed by atoms with Gasteiger partial charge in [-0.3, -0.25) is 14.5 Å². The Morgan fingerprint density at radius 2 is 2.21 bits per heavy atom.